The van der Waals surface area contributed by atoms with Crippen molar-refractivity contribution in [3.8, 4) is 0 Å². The SMILES string of the molecule is O=Cc1cc(C(=O)CCl)cc([N+](=O)[O-])c1C(F)(F)F. The Bertz CT molecular complexity index is 556. The van der Waals surface area contributed by atoms with E-state index < -0.39 is 45.1 Å². The number of carbonyl (C=O) groups is 2. The Labute approximate surface area is 109 Å². The van der Waals surface area contributed by atoms with Crippen LogP contribution in [0.2, 0.25) is 0 Å². The number of ketones is 1. The van der Waals surface area contributed by atoms with Gasteiger partial charge in [0, 0.05) is 17.2 Å². The molecule has 1 aromatic rings. The van der Waals surface area contributed by atoms with E-state index >= 15 is 0 Å². The van der Waals surface area contributed by atoms with Crippen LogP contribution in [0.1, 0.15) is 26.3 Å². The van der Waals surface area contributed by atoms with Gasteiger partial charge in [-0.1, -0.05) is 0 Å². The maximum atomic E-state index is 12.7. The second kappa shape index (κ2) is 5.35. The molecule has 0 saturated carbocycles. The first-order valence-corrected chi connectivity index (χ1v) is 5.19. The lowest BCUT2D eigenvalue weighted by atomic mass is 10.00. The predicted octanol–water partition coefficient (Wildman–Crippen LogP) is 2.85. The number of hydrogen-bond donors (Lipinski definition) is 0. The average molecular weight is 296 g/mol. The van der Waals surface area contributed by atoms with Crippen LogP contribution < -0.4 is 0 Å². The number of nitrogens with zero attached hydrogens (tertiary/aromatic N) is 1. The van der Waals surface area contributed by atoms with Crippen LogP contribution >= 0.6 is 11.6 Å². The molecule has 0 spiro atoms. The van der Waals surface area contributed by atoms with Crippen molar-refractivity contribution in [3.63, 3.8) is 0 Å². The molecule has 0 fully saturated rings. The zero-order valence-electron chi connectivity index (χ0n) is 9.03. The van der Waals surface area contributed by atoms with Crippen LogP contribution in [0.5, 0.6) is 0 Å². The maximum absolute atomic E-state index is 12.7. The Morgan fingerprint density at radius 2 is 2.00 bits per heavy atom. The van der Waals surface area contributed by atoms with Gasteiger partial charge in [0.25, 0.3) is 5.69 Å². The Kier molecular flexibility index (Phi) is 4.25. The standard InChI is InChI=1S/C10H5ClF3NO4/c11-3-8(17)5-1-6(4-16)9(10(12,13)14)7(2-5)15(18)19/h1-2,4H,3H2. The molecule has 5 nitrogen and oxygen atoms in total. The topological polar surface area (TPSA) is 77.3 Å². The zero-order chi connectivity index (χ0) is 14.8. The van der Waals surface area contributed by atoms with Crippen molar-refractivity contribution >= 4 is 29.4 Å². The van der Waals surface area contributed by atoms with Gasteiger partial charge in [-0.25, -0.2) is 0 Å². The molecule has 0 aromatic heterocycles. The van der Waals surface area contributed by atoms with Gasteiger partial charge in [-0.3, -0.25) is 19.7 Å². The number of alkyl halides is 4. The molecule has 102 valence electrons. The highest BCUT2D eigenvalue weighted by Crippen LogP contribution is 2.38. The van der Waals surface area contributed by atoms with Gasteiger partial charge >= 0.3 is 6.18 Å². The van der Waals surface area contributed by atoms with E-state index in [9.17, 15) is 32.9 Å². The summed E-state index contributed by atoms with van der Waals surface area (Å²) in [6.07, 6.45) is -5.28. The molecule has 0 aliphatic carbocycles. The van der Waals surface area contributed by atoms with E-state index in [0.717, 1.165) is 0 Å². The van der Waals surface area contributed by atoms with E-state index in [2.05, 4.69) is 0 Å². The number of benzene rings is 1. The molecular formula is C10H5ClF3NO4. The molecule has 19 heavy (non-hydrogen) atoms. The molecule has 0 saturated heterocycles. The second-order valence-electron chi connectivity index (χ2n) is 3.39. The van der Waals surface area contributed by atoms with Gasteiger partial charge in [-0.2, -0.15) is 13.2 Å². The Balaban J connectivity index is 3.68. The predicted molar refractivity (Wildman–Crippen MR) is 58.5 cm³/mol. The molecule has 0 N–H and O–H groups in total. The number of Topliss-reactive ketones (excluding diaryl/α,β-unsaturated/α-hetero) is 1. The summed E-state index contributed by atoms with van der Waals surface area (Å²) in [7, 11) is 0. The van der Waals surface area contributed by atoms with E-state index in [1.807, 2.05) is 0 Å². The molecular weight excluding hydrogens is 291 g/mol. The number of halogens is 4. The number of rotatable bonds is 4. The minimum atomic E-state index is -5.08. The lowest BCUT2D eigenvalue weighted by molar-refractivity contribution is -0.388. The molecule has 0 heterocycles. The van der Waals surface area contributed by atoms with Gasteiger partial charge in [0.05, 0.1) is 10.8 Å². The van der Waals surface area contributed by atoms with Gasteiger partial charge < -0.3 is 0 Å². The monoisotopic (exact) mass is 295 g/mol. The van der Waals surface area contributed by atoms with Crippen molar-refractivity contribution in [2.24, 2.45) is 0 Å². The smallest absolute Gasteiger partial charge is 0.298 e. The largest absolute Gasteiger partial charge is 0.423 e. The normalized spacial score (nSPS) is 11.2. The molecule has 0 bridgehead atoms. The molecule has 9 heteroatoms. The maximum Gasteiger partial charge on any atom is 0.423 e. The van der Waals surface area contributed by atoms with Crippen LogP contribution in [0.25, 0.3) is 0 Å². The van der Waals surface area contributed by atoms with Crippen LogP contribution in [0.3, 0.4) is 0 Å². The lowest BCUT2D eigenvalue weighted by Gasteiger charge is -2.11. The number of nitro groups is 1. The number of nitro benzene ring substituents is 1. The lowest BCUT2D eigenvalue weighted by Crippen LogP contribution is -2.14. The third-order valence-corrected chi connectivity index (χ3v) is 2.44. The Hall–Kier alpha value is -1.96. The first-order chi connectivity index (χ1) is 8.72. The minimum Gasteiger partial charge on any atom is -0.298 e. The highest BCUT2D eigenvalue weighted by atomic mass is 35.5. The molecule has 0 atom stereocenters. The van der Waals surface area contributed by atoms with E-state index in [-0.39, 0.29) is 6.29 Å². The van der Waals surface area contributed by atoms with Crippen molar-refractivity contribution in [2.45, 2.75) is 6.18 Å². The van der Waals surface area contributed by atoms with Crippen LogP contribution in [-0.4, -0.2) is 22.9 Å². The fraction of sp³-hybridized carbons (Fsp3) is 0.200. The van der Waals surface area contributed by atoms with Crippen molar-refractivity contribution in [3.05, 3.63) is 38.9 Å². The fourth-order valence-corrected chi connectivity index (χ4v) is 1.59. The fourth-order valence-electron chi connectivity index (χ4n) is 1.43. The summed E-state index contributed by atoms with van der Waals surface area (Å²) in [6.45, 7) is 0. The minimum absolute atomic E-state index is 0.194. The first-order valence-electron chi connectivity index (χ1n) is 4.66. The summed E-state index contributed by atoms with van der Waals surface area (Å²) in [4.78, 5) is 31.3. The summed E-state index contributed by atoms with van der Waals surface area (Å²) in [5.41, 5.74) is -4.43. The molecule has 0 aliphatic heterocycles. The van der Waals surface area contributed by atoms with Gasteiger partial charge in [-0.15, -0.1) is 11.6 Å². The van der Waals surface area contributed by atoms with Crippen LogP contribution in [0, 0.1) is 10.1 Å². The van der Waals surface area contributed by atoms with E-state index in [1.165, 1.54) is 0 Å². The van der Waals surface area contributed by atoms with Gasteiger partial charge in [0.15, 0.2) is 12.1 Å². The zero-order valence-corrected chi connectivity index (χ0v) is 9.79. The number of hydrogen-bond acceptors (Lipinski definition) is 4. The van der Waals surface area contributed by atoms with Crippen molar-refractivity contribution in [2.75, 3.05) is 5.88 Å². The van der Waals surface area contributed by atoms with Crippen molar-refractivity contribution in [1.29, 1.82) is 0 Å². The van der Waals surface area contributed by atoms with Gasteiger partial charge in [0.2, 0.25) is 0 Å². The van der Waals surface area contributed by atoms with E-state index in [1.54, 1.807) is 0 Å². The summed E-state index contributed by atoms with van der Waals surface area (Å²) in [5, 5.41) is 10.6. The summed E-state index contributed by atoms with van der Waals surface area (Å²) >= 11 is 5.21. The van der Waals surface area contributed by atoms with Gasteiger partial charge in [-0.05, 0) is 6.07 Å². The summed E-state index contributed by atoms with van der Waals surface area (Å²) in [5.74, 6) is -1.39. The Morgan fingerprint density at radius 3 is 2.37 bits per heavy atom. The Morgan fingerprint density at radius 1 is 1.42 bits per heavy atom. The average Bonchev–Trinajstić information content (AvgIpc) is 2.34. The second-order valence-corrected chi connectivity index (χ2v) is 3.66. The third-order valence-electron chi connectivity index (χ3n) is 2.20. The molecule has 0 unspecified atom stereocenters. The molecule has 1 rings (SSSR count). The van der Waals surface area contributed by atoms with Crippen LogP contribution in [-0.2, 0) is 6.18 Å². The molecule has 0 aliphatic rings. The first kappa shape index (κ1) is 15.1. The molecule has 0 amide bonds. The summed E-state index contributed by atoms with van der Waals surface area (Å²) in [6, 6.07) is 1.09. The number of aldehydes is 1. The van der Waals surface area contributed by atoms with E-state index in [0.29, 0.717) is 12.1 Å². The van der Waals surface area contributed by atoms with E-state index in [4.69, 9.17) is 11.6 Å². The van der Waals surface area contributed by atoms with Crippen LogP contribution in [0.4, 0.5) is 18.9 Å². The van der Waals surface area contributed by atoms with Gasteiger partial charge in [0.1, 0.15) is 5.56 Å². The highest BCUT2D eigenvalue weighted by Gasteiger charge is 2.41. The molecule has 1 aromatic carbocycles. The van der Waals surface area contributed by atoms with Crippen molar-refractivity contribution < 1.29 is 27.7 Å². The quantitative estimate of drug-likeness (QED) is 0.281. The van der Waals surface area contributed by atoms with Crippen molar-refractivity contribution in [1.82, 2.24) is 0 Å². The summed E-state index contributed by atoms with van der Waals surface area (Å²) < 4.78 is 38.1. The highest BCUT2D eigenvalue weighted by molar-refractivity contribution is 6.30. The number of carbonyl (C=O) groups excluding carboxylic acids is 2. The molecule has 0 radical (unpaired) electrons. The third kappa shape index (κ3) is 3.08. The van der Waals surface area contributed by atoms with Crippen LogP contribution in [0.15, 0.2) is 12.1 Å².